The van der Waals surface area contributed by atoms with Crippen molar-refractivity contribution in [2.45, 2.75) is 17.6 Å². The number of rotatable bonds is 4. The van der Waals surface area contributed by atoms with E-state index < -0.39 is 5.82 Å². The summed E-state index contributed by atoms with van der Waals surface area (Å²) in [6, 6.07) is 3.12. The molecule has 2 aromatic rings. The number of thioether (sulfide) groups is 1. The summed E-state index contributed by atoms with van der Waals surface area (Å²) in [6.45, 7) is 2.76. The second-order valence-electron chi connectivity index (χ2n) is 6.33. The first-order valence-corrected chi connectivity index (χ1v) is 9.52. The highest BCUT2D eigenvalue weighted by Crippen LogP contribution is 2.55. The Labute approximate surface area is 150 Å². The quantitative estimate of drug-likeness (QED) is 0.896. The number of nitrogens with two attached hydrogens (primary N) is 1. The Morgan fingerprint density at radius 2 is 2.00 bits per heavy atom. The lowest BCUT2D eigenvalue weighted by molar-refractivity contribution is 0.122. The summed E-state index contributed by atoms with van der Waals surface area (Å²) in [5.41, 5.74) is 7.44. The molecule has 25 heavy (non-hydrogen) atoms. The van der Waals surface area contributed by atoms with Gasteiger partial charge < -0.3 is 15.4 Å². The highest BCUT2D eigenvalue weighted by atomic mass is 32.2. The van der Waals surface area contributed by atoms with Gasteiger partial charge in [0.1, 0.15) is 11.6 Å². The zero-order valence-electron chi connectivity index (χ0n) is 14.0. The minimum absolute atomic E-state index is 0.0242. The number of hydrogen-bond donors (Lipinski definition) is 1. The van der Waals surface area contributed by atoms with Crippen LogP contribution in [-0.2, 0) is 9.48 Å². The third-order valence-corrected chi connectivity index (χ3v) is 6.12. The van der Waals surface area contributed by atoms with E-state index in [0.717, 1.165) is 31.6 Å². The summed E-state index contributed by atoms with van der Waals surface area (Å²) < 4.78 is 19.9. The predicted molar refractivity (Wildman–Crippen MR) is 97.1 cm³/mol. The minimum Gasteiger partial charge on any atom is -0.384 e. The molecule has 8 heteroatoms. The summed E-state index contributed by atoms with van der Waals surface area (Å²) in [5, 5.41) is 0. The molecule has 4 rings (SSSR count). The lowest BCUT2D eigenvalue weighted by Crippen LogP contribution is -2.37. The molecule has 1 saturated carbocycles. The second-order valence-corrected chi connectivity index (χ2v) is 7.51. The second kappa shape index (κ2) is 6.42. The van der Waals surface area contributed by atoms with E-state index in [1.807, 2.05) is 6.07 Å². The molecule has 0 unspecified atom stereocenters. The molecule has 2 N–H and O–H groups in total. The molecular formula is C17H20FN5OS. The highest BCUT2D eigenvalue weighted by Gasteiger charge is 2.45. The number of ether oxygens (including phenoxy) is 1. The van der Waals surface area contributed by atoms with E-state index in [2.05, 4.69) is 21.1 Å². The van der Waals surface area contributed by atoms with E-state index >= 15 is 0 Å². The standard InChI is InChI=1S/C17H20FN5OS/c1-25-17(2-3-17)14-9-13(11-10-20-15(19)8-12(11)18)21-16(22-14)23-4-6-24-7-5-23/h8-10H,2-7H2,1H3,(H2,19,20). The van der Waals surface area contributed by atoms with Crippen LogP contribution in [0.1, 0.15) is 18.5 Å². The molecule has 1 aliphatic heterocycles. The van der Waals surface area contributed by atoms with Gasteiger partial charge >= 0.3 is 0 Å². The number of aromatic nitrogens is 3. The first kappa shape index (κ1) is 16.5. The van der Waals surface area contributed by atoms with Crippen LogP contribution in [0.3, 0.4) is 0 Å². The van der Waals surface area contributed by atoms with Gasteiger partial charge in [0, 0.05) is 25.4 Å². The van der Waals surface area contributed by atoms with Crippen LogP contribution >= 0.6 is 11.8 Å². The molecule has 2 aromatic heterocycles. The van der Waals surface area contributed by atoms with Crippen molar-refractivity contribution < 1.29 is 9.13 Å². The number of morpholine rings is 1. The van der Waals surface area contributed by atoms with Crippen molar-refractivity contribution in [3.8, 4) is 11.3 Å². The fourth-order valence-corrected chi connectivity index (χ4v) is 3.85. The molecule has 0 atom stereocenters. The number of nitrogen functional groups attached to an aromatic ring is 1. The van der Waals surface area contributed by atoms with Crippen LogP contribution in [0.4, 0.5) is 16.2 Å². The Balaban J connectivity index is 1.81. The summed E-state index contributed by atoms with van der Waals surface area (Å²) >= 11 is 1.79. The van der Waals surface area contributed by atoms with Gasteiger partial charge in [-0.1, -0.05) is 0 Å². The van der Waals surface area contributed by atoms with Gasteiger partial charge in [-0.15, -0.1) is 0 Å². The van der Waals surface area contributed by atoms with Crippen molar-refractivity contribution >= 4 is 23.5 Å². The molecule has 0 bridgehead atoms. The zero-order chi connectivity index (χ0) is 17.4. The van der Waals surface area contributed by atoms with Crippen LogP contribution in [0.5, 0.6) is 0 Å². The summed E-state index contributed by atoms with van der Waals surface area (Å²) in [6.07, 6.45) is 5.69. The van der Waals surface area contributed by atoms with E-state index in [-0.39, 0.29) is 10.6 Å². The predicted octanol–water partition coefficient (Wildman–Crippen LogP) is 2.45. The molecule has 0 aromatic carbocycles. The number of pyridine rings is 1. The topological polar surface area (TPSA) is 77.2 Å². The number of anilines is 2. The lowest BCUT2D eigenvalue weighted by Gasteiger charge is -2.28. The van der Waals surface area contributed by atoms with Crippen LogP contribution in [0.2, 0.25) is 0 Å². The average molecular weight is 361 g/mol. The van der Waals surface area contributed by atoms with E-state index in [9.17, 15) is 4.39 Å². The fraction of sp³-hybridized carbons (Fsp3) is 0.471. The van der Waals surface area contributed by atoms with Crippen LogP contribution in [0, 0.1) is 5.82 Å². The summed E-state index contributed by atoms with van der Waals surface area (Å²) in [7, 11) is 0. The molecule has 1 saturated heterocycles. The average Bonchev–Trinajstić information content (AvgIpc) is 3.43. The van der Waals surface area contributed by atoms with Gasteiger partial charge in [-0.3, -0.25) is 0 Å². The van der Waals surface area contributed by atoms with E-state index in [4.69, 9.17) is 15.5 Å². The lowest BCUT2D eigenvalue weighted by atomic mass is 10.1. The molecule has 2 fully saturated rings. The van der Waals surface area contributed by atoms with Gasteiger partial charge in [-0.05, 0) is 25.2 Å². The Kier molecular flexibility index (Phi) is 4.24. The highest BCUT2D eigenvalue weighted by molar-refractivity contribution is 7.99. The third-order valence-electron chi connectivity index (χ3n) is 4.72. The maximum absolute atomic E-state index is 14.4. The minimum atomic E-state index is -0.418. The molecule has 3 heterocycles. The van der Waals surface area contributed by atoms with Crippen LogP contribution in [0.25, 0.3) is 11.3 Å². The van der Waals surface area contributed by atoms with Gasteiger partial charge in [0.15, 0.2) is 0 Å². The van der Waals surface area contributed by atoms with E-state index in [0.29, 0.717) is 30.4 Å². The van der Waals surface area contributed by atoms with Crippen molar-refractivity contribution in [1.82, 2.24) is 15.0 Å². The molecule has 2 aliphatic rings. The number of halogens is 1. The molecule has 1 aliphatic carbocycles. The largest absolute Gasteiger partial charge is 0.384 e. The van der Waals surface area contributed by atoms with Gasteiger partial charge in [0.2, 0.25) is 5.95 Å². The molecular weight excluding hydrogens is 341 g/mol. The van der Waals surface area contributed by atoms with Crippen LogP contribution < -0.4 is 10.6 Å². The molecule has 0 amide bonds. The summed E-state index contributed by atoms with van der Waals surface area (Å²) in [4.78, 5) is 15.5. The Morgan fingerprint density at radius 3 is 2.64 bits per heavy atom. The first-order valence-electron chi connectivity index (χ1n) is 8.30. The Hall–Kier alpha value is -1.93. The fourth-order valence-electron chi connectivity index (χ4n) is 3.02. The van der Waals surface area contributed by atoms with Gasteiger partial charge in [-0.2, -0.15) is 11.8 Å². The number of nitrogens with zero attached hydrogens (tertiary/aromatic N) is 4. The van der Waals surface area contributed by atoms with Gasteiger partial charge in [0.05, 0.1) is 34.9 Å². The van der Waals surface area contributed by atoms with Crippen LogP contribution in [-0.4, -0.2) is 47.5 Å². The Morgan fingerprint density at radius 1 is 1.24 bits per heavy atom. The van der Waals surface area contributed by atoms with Crippen molar-refractivity contribution in [3.05, 3.63) is 29.8 Å². The third kappa shape index (κ3) is 3.16. The molecule has 0 radical (unpaired) electrons. The van der Waals surface area contributed by atoms with Gasteiger partial charge in [0.25, 0.3) is 0 Å². The molecule has 132 valence electrons. The molecule has 0 spiro atoms. The summed E-state index contributed by atoms with van der Waals surface area (Å²) in [5.74, 6) is 0.373. The number of hydrogen-bond acceptors (Lipinski definition) is 7. The van der Waals surface area contributed by atoms with Crippen molar-refractivity contribution in [2.24, 2.45) is 0 Å². The van der Waals surface area contributed by atoms with Crippen LogP contribution in [0.15, 0.2) is 18.3 Å². The first-order chi connectivity index (χ1) is 12.1. The van der Waals surface area contributed by atoms with Crippen molar-refractivity contribution in [2.75, 3.05) is 43.2 Å². The zero-order valence-corrected chi connectivity index (χ0v) is 14.9. The SMILES string of the molecule is CSC1(c2cc(-c3cnc(N)cc3F)nc(N3CCOCC3)n2)CC1. The normalized spacial score (nSPS) is 19.0. The van der Waals surface area contributed by atoms with Crippen molar-refractivity contribution in [3.63, 3.8) is 0 Å². The van der Waals surface area contributed by atoms with E-state index in [1.165, 1.54) is 12.3 Å². The Bertz CT molecular complexity index is 793. The maximum Gasteiger partial charge on any atom is 0.226 e. The maximum atomic E-state index is 14.4. The van der Waals surface area contributed by atoms with E-state index in [1.54, 1.807) is 11.8 Å². The smallest absolute Gasteiger partial charge is 0.226 e. The molecule has 6 nitrogen and oxygen atoms in total. The monoisotopic (exact) mass is 361 g/mol. The van der Waals surface area contributed by atoms with Crippen molar-refractivity contribution in [1.29, 1.82) is 0 Å². The van der Waals surface area contributed by atoms with Gasteiger partial charge in [-0.25, -0.2) is 19.3 Å².